The monoisotopic (exact) mass is 1020 g/mol. The molecule has 69 heavy (non-hydrogen) atoms. The van der Waals surface area contributed by atoms with Crippen LogP contribution in [0.15, 0.2) is 173 Å². The van der Waals surface area contributed by atoms with E-state index in [4.69, 9.17) is 11.6 Å². The highest BCUT2D eigenvalue weighted by Gasteiger charge is 2.33. The zero-order chi connectivity index (χ0) is 48.9. The van der Waals surface area contributed by atoms with Gasteiger partial charge in [0.25, 0.3) is 17.0 Å². The molecule has 6 heterocycles. The Kier molecular flexibility index (Phi) is 14.9. The number of carbonyl (C=O) groups excluding carboxylic acids is 2. The highest BCUT2D eigenvalue weighted by atomic mass is 35.5. The zero-order valence-electron chi connectivity index (χ0n) is 37.4. The van der Waals surface area contributed by atoms with E-state index in [0.29, 0.717) is 58.5 Å². The fraction of sp³-hybridized carbons (Fsp3) is 0.180. The lowest BCUT2D eigenvalue weighted by Crippen LogP contribution is -2.49. The van der Waals surface area contributed by atoms with Crippen LogP contribution in [0.1, 0.15) is 19.3 Å². The van der Waals surface area contributed by atoms with E-state index in [0.717, 1.165) is 24.5 Å². The molecular formula is C50H46ClN6O8S4+. The number of thiophene rings is 2. The van der Waals surface area contributed by atoms with E-state index in [1.165, 1.54) is 63.1 Å². The average Bonchev–Trinajstić information content (AvgIpc) is 4.14. The number of nitrogens with one attached hydrogen (secondary N) is 1. The minimum Gasteiger partial charge on any atom is -0.366 e. The first-order chi connectivity index (χ1) is 33.2. The number of sulfone groups is 2. The number of pyridine rings is 2. The van der Waals surface area contributed by atoms with Gasteiger partial charge in [-0.25, -0.2) is 21.6 Å². The average molecular weight is 1020 g/mol. The second-order valence-electron chi connectivity index (χ2n) is 15.8. The SMILES string of the molecule is Cn1c(=O)c(S(=O)(=O)c2ccccc2)c(Cl)c2ccccc21.Cn1c(=O)c(S(=O)(=O)c2ccccc2)c(N2CCN(C(=O)c3cccs3)CC2)c2ccccc21.O=C(c1cccs1)[N+]1=CCNCC1. The molecule has 19 heteroatoms. The molecular weight excluding hydrogens is 976 g/mol. The van der Waals surface area contributed by atoms with Crippen LogP contribution in [0.25, 0.3) is 21.8 Å². The summed E-state index contributed by atoms with van der Waals surface area (Å²) >= 11 is 9.16. The van der Waals surface area contributed by atoms with E-state index in [1.807, 2.05) is 64.3 Å². The van der Waals surface area contributed by atoms with Gasteiger partial charge in [-0.3, -0.25) is 14.4 Å². The summed E-state index contributed by atoms with van der Waals surface area (Å²) in [6, 6.07) is 37.5. The molecule has 0 aliphatic carbocycles. The predicted molar refractivity (Wildman–Crippen MR) is 272 cm³/mol. The summed E-state index contributed by atoms with van der Waals surface area (Å²) < 4.78 is 57.5. The molecule has 0 saturated carbocycles. The predicted octanol–water partition coefficient (Wildman–Crippen LogP) is 6.99. The third-order valence-electron chi connectivity index (χ3n) is 11.7. The van der Waals surface area contributed by atoms with E-state index >= 15 is 0 Å². The van der Waals surface area contributed by atoms with Gasteiger partial charge in [0.05, 0.1) is 49.5 Å². The third-order valence-corrected chi connectivity index (χ3v) is 17.5. The van der Waals surface area contributed by atoms with Crippen LogP contribution in [0.4, 0.5) is 5.69 Å². The van der Waals surface area contributed by atoms with Crippen molar-refractivity contribution in [3.8, 4) is 0 Å². The van der Waals surface area contributed by atoms with E-state index in [2.05, 4.69) is 5.32 Å². The number of rotatable bonds is 7. The minimum atomic E-state index is -4.08. The molecule has 10 rings (SSSR count). The van der Waals surface area contributed by atoms with E-state index in [9.17, 15) is 36.0 Å². The van der Waals surface area contributed by atoms with Crippen molar-refractivity contribution in [2.24, 2.45) is 14.1 Å². The van der Waals surface area contributed by atoms with E-state index in [-0.39, 0.29) is 36.4 Å². The van der Waals surface area contributed by atoms with Crippen LogP contribution in [0.5, 0.6) is 0 Å². The van der Waals surface area contributed by atoms with Crippen molar-refractivity contribution < 1.29 is 31.0 Å². The zero-order valence-corrected chi connectivity index (χ0v) is 41.4. The van der Waals surface area contributed by atoms with Crippen molar-refractivity contribution in [3.05, 3.63) is 180 Å². The molecule has 1 N–H and O–H groups in total. The first-order valence-corrected chi connectivity index (χ1v) is 26.8. The highest BCUT2D eigenvalue weighted by Crippen LogP contribution is 2.35. The van der Waals surface area contributed by atoms with Crippen molar-refractivity contribution >= 4 is 99.5 Å². The first-order valence-electron chi connectivity index (χ1n) is 21.7. The largest absolute Gasteiger partial charge is 0.429 e. The molecule has 1 saturated heterocycles. The number of aryl methyl sites for hydroxylation is 2. The van der Waals surface area contributed by atoms with Crippen LogP contribution < -0.4 is 21.3 Å². The number of fused-ring (bicyclic) bond motifs is 2. The Morgan fingerprint density at radius 2 is 1.10 bits per heavy atom. The van der Waals surface area contributed by atoms with E-state index in [1.54, 1.807) is 83.3 Å². The molecule has 0 spiro atoms. The van der Waals surface area contributed by atoms with Crippen LogP contribution in [-0.2, 0) is 33.8 Å². The molecule has 4 aromatic heterocycles. The summed E-state index contributed by atoms with van der Waals surface area (Å²) in [4.78, 5) is 55.3. The summed E-state index contributed by atoms with van der Waals surface area (Å²) in [5.41, 5.74) is 0.462. The summed E-state index contributed by atoms with van der Waals surface area (Å²) in [5.74, 6) is 0.0946. The van der Waals surface area contributed by atoms with Gasteiger partial charge in [-0.2, -0.15) is 4.58 Å². The van der Waals surface area contributed by atoms with Crippen LogP contribution in [0.2, 0.25) is 5.02 Å². The van der Waals surface area contributed by atoms with Gasteiger partial charge in [0.2, 0.25) is 19.7 Å². The lowest BCUT2D eigenvalue weighted by molar-refractivity contribution is -0.426. The maximum Gasteiger partial charge on any atom is 0.429 e. The molecule has 0 radical (unpaired) electrons. The van der Waals surface area contributed by atoms with Gasteiger partial charge in [-0.15, -0.1) is 22.7 Å². The number of hydrogen-bond donors (Lipinski definition) is 1. The molecule has 0 atom stereocenters. The van der Waals surface area contributed by atoms with Gasteiger partial charge in [-0.05, 0) is 59.3 Å². The maximum atomic E-state index is 13.7. The topological polar surface area (TPSA) is 168 Å². The summed E-state index contributed by atoms with van der Waals surface area (Å²) in [6.45, 7) is 4.16. The van der Waals surface area contributed by atoms with Gasteiger partial charge >= 0.3 is 5.91 Å². The van der Waals surface area contributed by atoms with Crippen LogP contribution in [-0.4, -0.2) is 99.3 Å². The number of piperazine rings is 1. The second kappa shape index (κ2) is 21.0. The standard InChI is InChI=1S/C25H23N3O4S2.C16H12ClNO3S.C9H11N2OS/c1-26-20-11-6-5-10-19(20)22(23(25(26)30)34(31,32)18-8-3-2-4-9-18)27-13-15-28(16-14-27)24(29)21-12-7-17-33-21;1-18-13-10-6-5-9-12(13)14(17)15(16(18)19)22(20,21)11-7-3-2-4-8-11;12-9(8-2-1-7-13-8)11-5-3-10-4-6-11/h2-12,17H,13-16H2,1H3;2-10H,1H3;1-2,5,7,10H,3-4,6H2/q;;+1. The quantitative estimate of drug-likeness (QED) is 0.164. The van der Waals surface area contributed by atoms with Crippen LogP contribution >= 0.6 is 34.3 Å². The number of amides is 2. The van der Waals surface area contributed by atoms with Crippen LogP contribution in [0, 0.1) is 0 Å². The number of aromatic nitrogens is 2. The lowest BCUT2D eigenvalue weighted by atomic mass is 10.1. The molecule has 4 aromatic carbocycles. The number of nitrogens with zero attached hydrogens (tertiary/aromatic N) is 5. The fourth-order valence-electron chi connectivity index (χ4n) is 8.09. The van der Waals surface area contributed by atoms with Crippen molar-refractivity contribution in [2.45, 2.75) is 19.6 Å². The Hall–Kier alpha value is -6.54. The molecule has 0 unspecified atom stereocenters. The molecule has 8 aromatic rings. The maximum absolute atomic E-state index is 13.7. The molecule has 354 valence electrons. The molecule has 14 nitrogen and oxygen atoms in total. The minimum absolute atomic E-state index is 0.0272. The Labute approximate surface area is 411 Å². The van der Waals surface area contributed by atoms with E-state index < -0.39 is 30.8 Å². The Morgan fingerprint density at radius 3 is 1.64 bits per heavy atom. The van der Waals surface area contributed by atoms with Gasteiger partial charge < -0.3 is 24.3 Å². The smallest absolute Gasteiger partial charge is 0.366 e. The van der Waals surface area contributed by atoms with Gasteiger partial charge in [-0.1, -0.05) is 96.5 Å². The van der Waals surface area contributed by atoms with Crippen molar-refractivity contribution in [3.63, 3.8) is 0 Å². The van der Waals surface area contributed by atoms with Crippen molar-refractivity contribution in [2.75, 3.05) is 50.7 Å². The Balaban J connectivity index is 0.000000156. The van der Waals surface area contributed by atoms with Crippen LogP contribution in [0.3, 0.4) is 0 Å². The molecule has 2 aliphatic heterocycles. The van der Waals surface area contributed by atoms with Crippen molar-refractivity contribution in [1.82, 2.24) is 19.4 Å². The normalized spacial score (nSPS) is 14.0. The second-order valence-corrected chi connectivity index (χ2v) is 21.9. The number of hydrogen-bond acceptors (Lipinski definition) is 12. The molecule has 1 fully saturated rings. The number of para-hydroxylation sites is 2. The van der Waals surface area contributed by atoms with Gasteiger partial charge in [0, 0.05) is 51.0 Å². The fourth-order valence-corrected chi connectivity index (χ4v) is 13.1. The van der Waals surface area contributed by atoms with Gasteiger partial charge in [0.15, 0.2) is 22.6 Å². The Morgan fingerprint density at radius 1 is 0.609 bits per heavy atom. The highest BCUT2D eigenvalue weighted by molar-refractivity contribution is 7.92. The summed E-state index contributed by atoms with van der Waals surface area (Å²) in [7, 11) is -4.94. The number of halogens is 1. The van der Waals surface area contributed by atoms with Gasteiger partial charge in [0.1, 0.15) is 4.88 Å². The number of carbonyl (C=O) groups is 2. The summed E-state index contributed by atoms with van der Waals surface area (Å²) in [5, 5.41) is 8.15. The summed E-state index contributed by atoms with van der Waals surface area (Å²) in [6.07, 6.45) is 1.91. The number of benzene rings is 4. The third kappa shape index (κ3) is 9.99. The Bertz CT molecular complexity index is 3560. The lowest BCUT2D eigenvalue weighted by Gasteiger charge is -2.37. The molecule has 2 aliphatic rings. The van der Waals surface area contributed by atoms with Crippen molar-refractivity contribution in [1.29, 1.82) is 0 Å². The molecule has 2 amide bonds. The number of anilines is 1. The first kappa shape index (κ1) is 48.9. The molecule has 0 bridgehead atoms.